The number of aromatic nitrogens is 1. The highest BCUT2D eigenvalue weighted by Gasteiger charge is 2.10. The highest BCUT2D eigenvalue weighted by molar-refractivity contribution is 7.14. The van der Waals surface area contributed by atoms with Crippen molar-refractivity contribution >= 4 is 11.3 Å². The predicted molar refractivity (Wildman–Crippen MR) is 77.1 cm³/mol. The van der Waals surface area contributed by atoms with Gasteiger partial charge in [-0.15, -0.1) is 11.3 Å². The first-order valence-corrected chi connectivity index (χ1v) is 7.28. The second-order valence-corrected chi connectivity index (χ2v) is 6.10. The third-order valence-electron chi connectivity index (χ3n) is 2.93. The number of rotatable bonds is 6. The van der Waals surface area contributed by atoms with Crippen molar-refractivity contribution < 1.29 is 9.52 Å². The minimum Gasteiger partial charge on any atom is -0.459 e. The van der Waals surface area contributed by atoms with Crippen LogP contribution in [0.3, 0.4) is 0 Å². The summed E-state index contributed by atoms with van der Waals surface area (Å²) in [7, 11) is 0. The Balaban J connectivity index is 1.88. The van der Waals surface area contributed by atoms with E-state index in [1.165, 1.54) is 0 Å². The molecule has 1 unspecified atom stereocenters. The predicted octanol–water partition coefficient (Wildman–Crippen LogP) is 2.82. The van der Waals surface area contributed by atoms with Gasteiger partial charge in [0.25, 0.3) is 0 Å². The van der Waals surface area contributed by atoms with E-state index in [4.69, 9.17) is 4.42 Å². The number of hydrogen-bond donors (Lipinski definition) is 2. The number of nitrogens with zero attached hydrogens (tertiary/aromatic N) is 1. The van der Waals surface area contributed by atoms with Crippen LogP contribution in [-0.4, -0.2) is 22.7 Å². The maximum absolute atomic E-state index is 9.70. The summed E-state index contributed by atoms with van der Waals surface area (Å²) in [5.74, 6) is 1.98. The van der Waals surface area contributed by atoms with Crippen LogP contribution in [0.1, 0.15) is 24.5 Å². The molecular formula is C14H20N2O2S. The molecule has 0 saturated carbocycles. The van der Waals surface area contributed by atoms with Crippen molar-refractivity contribution in [2.75, 3.05) is 6.54 Å². The molecule has 0 aliphatic carbocycles. The molecule has 0 amide bonds. The molecule has 0 radical (unpaired) electrons. The largest absolute Gasteiger partial charge is 0.459 e. The molecule has 2 rings (SSSR count). The molecule has 0 bridgehead atoms. The lowest BCUT2D eigenvalue weighted by molar-refractivity contribution is 0.123. The van der Waals surface area contributed by atoms with E-state index in [-0.39, 0.29) is 12.0 Å². The molecule has 2 heterocycles. The summed E-state index contributed by atoms with van der Waals surface area (Å²) in [5.41, 5.74) is 0. The Hall–Kier alpha value is -1.17. The maximum Gasteiger partial charge on any atom is 0.162 e. The molecule has 5 heteroatoms. The molecule has 104 valence electrons. The first-order valence-electron chi connectivity index (χ1n) is 6.46. The number of aryl methyl sites for hydroxylation is 1. The lowest BCUT2D eigenvalue weighted by atomic mass is 10.1. The highest BCUT2D eigenvalue weighted by atomic mass is 32.1. The van der Waals surface area contributed by atoms with Gasteiger partial charge in [0.05, 0.1) is 6.10 Å². The van der Waals surface area contributed by atoms with Crippen molar-refractivity contribution in [2.45, 2.75) is 33.4 Å². The van der Waals surface area contributed by atoms with Gasteiger partial charge < -0.3 is 14.8 Å². The van der Waals surface area contributed by atoms with E-state index in [1.807, 2.05) is 39.1 Å². The van der Waals surface area contributed by atoms with Crippen LogP contribution in [0.5, 0.6) is 0 Å². The minimum absolute atomic E-state index is 0.274. The van der Waals surface area contributed by atoms with Gasteiger partial charge in [-0.3, -0.25) is 0 Å². The van der Waals surface area contributed by atoms with Gasteiger partial charge in [-0.1, -0.05) is 13.8 Å². The van der Waals surface area contributed by atoms with Crippen molar-refractivity contribution in [1.29, 1.82) is 0 Å². The van der Waals surface area contributed by atoms with Crippen molar-refractivity contribution in [2.24, 2.45) is 5.92 Å². The Morgan fingerprint density at radius 2 is 2.21 bits per heavy atom. The number of nitrogens with one attached hydrogen (secondary N) is 1. The van der Waals surface area contributed by atoms with E-state index in [9.17, 15) is 5.11 Å². The SMILES string of the molecule is Cc1ccc(-c2ncc(CNCC(O)C(C)C)s2)o1. The zero-order valence-corrected chi connectivity index (χ0v) is 12.3. The third-order valence-corrected chi connectivity index (χ3v) is 3.94. The Bertz CT molecular complexity index is 519. The van der Waals surface area contributed by atoms with Gasteiger partial charge in [0.1, 0.15) is 5.76 Å². The average molecular weight is 280 g/mol. The zero-order chi connectivity index (χ0) is 13.8. The first kappa shape index (κ1) is 14.2. The van der Waals surface area contributed by atoms with Crippen molar-refractivity contribution in [3.8, 4) is 10.8 Å². The Morgan fingerprint density at radius 3 is 2.84 bits per heavy atom. The van der Waals surface area contributed by atoms with E-state index in [0.29, 0.717) is 6.54 Å². The molecular weight excluding hydrogens is 260 g/mol. The molecule has 0 spiro atoms. The van der Waals surface area contributed by atoms with E-state index in [0.717, 1.165) is 28.0 Å². The lowest BCUT2D eigenvalue weighted by Gasteiger charge is -2.14. The summed E-state index contributed by atoms with van der Waals surface area (Å²) in [6.45, 7) is 7.27. The van der Waals surface area contributed by atoms with Crippen molar-refractivity contribution in [1.82, 2.24) is 10.3 Å². The van der Waals surface area contributed by atoms with E-state index in [1.54, 1.807) is 11.3 Å². The lowest BCUT2D eigenvalue weighted by Crippen LogP contribution is -2.29. The minimum atomic E-state index is -0.305. The standard InChI is InChI=1S/C14H20N2O2S/c1-9(2)12(17)8-15-6-11-7-16-14(19-11)13-5-4-10(3)18-13/h4-5,7,9,12,15,17H,6,8H2,1-3H3. The Kier molecular flexibility index (Phi) is 4.74. The molecule has 0 aliphatic rings. The molecule has 2 aromatic heterocycles. The fraction of sp³-hybridized carbons (Fsp3) is 0.500. The number of aliphatic hydroxyl groups is 1. The Labute approximate surface area is 117 Å². The molecule has 0 aromatic carbocycles. The number of thiazole rings is 1. The summed E-state index contributed by atoms with van der Waals surface area (Å²) in [6, 6.07) is 3.88. The van der Waals surface area contributed by atoms with Crippen LogP contribution in [0.25, 0.3) is 10.8 Å². The van der Waals surface area contributed by atoms with Gasteiger partial charge in [0.15, 0.2) is 10.8 Å². The molecule has 4 nitrogen and oxygen atoms in total. The highest BCUT2D eigenvalue weighted by Crippen LogP contribution is 2.26. The van der Waals surface area contributed by atoms with Crippen LogP contribution < -0.4 is 5.32 Å². The molecule has 0 fully saturated rings. The molecule has 2 N–H and O–H groups in total. The summed E-state index contributed by atoms with van der Waals surface area (Å²) >= 11 is 1.61. The normalized spacial score (nSPS) is 13.1. The summed E-state index contributed by atoms with van der Waals surface area (Å²) in [6.07, 6.45) is 1.55. The van der Waals surface area contributed by atoms with E-state index in [2.05, 4.69) is 10.3 Å². The molecule has 2 aromatic rings. The maximum atomic E-state index is 9.70. The number of aliphatic hydroxyl groups excluding tert-OH is 1. The Morgan fingerprint density at radius 1 is 1.42 bits per heavy atom. The van der Waals surface area contributed by atoms with Crippen LogP contribution in [0, 0.1) is 12.8 Å². The molecule has 0 aliphatic heterocycles. The van der Waals surface area contributed by atoms with Crippen molar-refractivity contribution in [3.63, 3.8) is 0 Å². The summed E-state index contributed by atoms with van der Waals surface area (Å²) < 4.78 is 5.54. The van der Waals surface area contributed by atoms with Gasteiger partial charge in [0.2, 0.25) is 0 Å². The average Bonchev–Trinajstić information content (AvgIpc) is 2.97. The second kappa shape index (κ2) is 6.32. The second-order valence-electron chi connectivity index (χ2n) is 4.98. The molecule has 19 heavy (non-hydrogen) atoms. The number of hydrogen-bond acceptors (Lipinski definition) is 5. The first-order chi connectivity index (χ1) is 9.06. The topological polar surface area (TPSA) is 58.3 Å². The number of furan rings is 1. The fourth-order valence-corrected chi connectivity index (χ4v) is 2.48. The monoisotopic (exact) mass is 280 g/mol. The van der Waals surface area contributed by atoms with Gasteiger partial charge in [-0.2, -0.15) is 0 Å². The summed E-state index contributed by atoms with van der Waals surface area (Å²) in [4.78, 5) is 5.49. The summed E-state index contributed by atoms with van der Waals surface area (Å²) in [5, 5.41) is 13.8. The van der Waals surface area contributed by atoms with Crippen LogP contribution in [0.2, 0.25) is 0 Å². The smallest absolute Gasteiger partial charge is 0.162 e. The van der Waals surface area contributed by atoms with Gasteiger partial charge in [-0.25, -0.2) is 4.98 Å². The van der Waals surface area contributed by atoms with Crippen LogP contribution in [0.15, 0.2) is 22.7 Å². The molecule has 1 atom stereocenters. The van der Waals surface area contributed by atoms with Gasteiger partial charge in [-0.05, 0) is 25.0 Å². The fourth-order valence-electron chi connectivity index (χ4n) is 1.63. The van der Waals surface area contributed by atoms with Crippen molar-refractivity contribution in [3.05, 3.63) is 29.0 Å². The van der Waals surface area contributed by atoms with Gasteiger partial charge >= 0.3 is 0 Å². The van der Waals surface area contributed by atoms with Crippen LogP contribution in [0.4, 0.5) is 0 Å². The zero-order valence-electron chi connectivity index (χ0n) is 11.5. The van der Waals surface area contributed by atoms with Crippen LogP contribution in [-0.2, 0) is 6.54 Å². The van der Waals surface area contributed by atoms with Gasteiger partial charge in [0, 0.05) is 24.2 Å². The van der Waals surface area contributed by atoms with E-state index < -0.39 is 0 Å². The van der Waals surface area contributed by atoms with E-state index >= 15 is 0 Å². The third kappa shape index (κ3) is 3.89. The molecule has 0 saturated heterocycles. The van der Waals surface area contributed by atoms with Crippen LogP contribution >= 0.6 is 11.3 Å². The quantitative estimate of drug-likeness (QED) is 0.854.